The van der Waals surface area contributed by atoms with Crippen molar-refractivity contribution in [2.45, 2.75) is 19.3 Å². The number of Topliss-reactive ketones (excluding diaryl/α,β-unsaturated/α-hetero) is 1. The van der Waals surface area contributed by atoms with Gasteiger partial charge in [0, 0.05) is 6.42 Å². The molecule has 0 spiro atoms. The third kappa shape index (κ3) is 2.11. The fourth-order valence-corrected chi connectivity index (χ4v) is 1.23. The molecule has 0 bridgehead atoms. The van der Waals surface area contributed by atoms with Crippen LogP contribution in [0.2, 0.25) is 0 Å². The van der Waals surface area contributed by atoms with Gasteiger partial charge < -0.3 is 0 Å². The maximum atomic E-state index is 12.5. The van der Waals surface area contributed by atoms with Crippen molar-refractivity contribution >= 4 is 5.78 Å². The summed E-state index contributed by atoms with van der Waals surface area (Å²) >= 11 is 0. The summed E-state index contributed by atoms with van der Waals surface area (Å²) in [5, 5.41) is 0. The lowest BCUT2D eigenvalue weighted by atomic mass is 10.1. The first-order valence-corrected chi connectivity index (χ1v) is 4.40. The molecule has 2 rings (SSSR count). The molecule has 1 aliphatic carbocycles. The topological polar surface area (TPSA) is 30.0 Å². The van der Waals surface area contributed by atoms with Crippen LogP contribution < -0.4 is 0 Å². The average Bonchev–Trinajstić information content (AvgIpc) is 2.89. The molecule has 1 aromatic rings. The van der Waals surface area contributed by atoms with Crippen LogP contribution >= 0.6 is 0 Å². The lowest BCUT2D eigenvalue weighted by Gasteiger charge is -1.97. The minimum atomic E-state index is -0.400. The number of carbonyl (C=O) groups is 1. The van der Waals surface area contributed by atoms with E-state index in [1.165, 1.54) is 12.1 Å². The van der Waals surface area contributed by atoms with Gasteiger partial charge in [0.15, 0.2) is 5.78 Å². The Kier molecular flexibility index (Phi) is 2.08. The molecule has 0 radical (unpaired) electrons. The van der Waals surface area contributed by atoms with Crippen molar-refractivity contribution in [2.75, 3.05) is 0 Å². The molecule has 0 unspecified atom stereocenters. The molecule has 3 heteroatoms. The van der Waals surface area contributed by atoms with E-state index in [0.717, 1.165) is 19.0 Å². The van der Waals surface area contributed by atoms with Crippen LogP contribution in [0.1, 0.15) is 29.8 Å². The smallest absolute Gasteiger partial charge is 0.181 e. The second-order valence-corrected chi connectivity index (χ2v) is 3.43. The van der Waals surface area contributed by atoms with E-state index in [0.29, 0.717) is 18.0 Å². The summed E-state index contributed by atoms with van der Waals surface area (Å²) in [7, 11) is 0. The lowest BCUT2D eigenvalue weighted by Crippen LogP contribution is -2.02. The van der Waals surface area contributed by atoms with Gasteiger partial charge in [-0.25, -0.2) is 4.39 Å². The molecule has 1 aliphatic rings. The van der Waals surface area contributed by atoms with Gasteiger partial charge in [-0.15, -0.1) is 0 Å². The molecule has 0 aliphatic heterocycles. The quantitative estimate of drug-likeness (QED) is 0.666. The molecule has 68 valence electrons. The van der Waals surface area contributed by atoms with E-state index >= 15 is 0 Å². The Labute approximate surface area is 75.8 Å². The number of hydrogen-bond acceptors (Lipinski definition) is 2. The fourth-order valence-electron chi connectivity index (χ4n) is 1.23. The van der Waals surface area contributed by atoms with Crippen LogP contribution in [-0.4, -0.2) is 10.8 Å². The van der Waals surface area contributed by atoms with E-state index in [1.54, 1.807) is 0 Å². The Hall–Kier alpha value is -1.25. The summed E-state index contributed by atoms with van der Waals surface area (Å²) in [6.07, 6.45) is 3.94. The van der Waals surface area contributed by atoms with Crippen LogP contribution in [0, 0.1) is 11.7 Å². The molecule has 1 aromatic heterocycles. The third-order valence-electron chi connectivity index (χ3n) is 2.18. The Balaban J connectivity index is 2.05. The summed E-state index contributed by atoms with van der Waals surface area (Å²) in [5.74, 6) is 0.185. The fraction of sp³-hybridized carbons (Fsp3) is 0.400. The molecular formula is C10H10FNO. The minimum absolute atomic E-state index is 0.0301. The average molecular weight is 179 g/mol. The SMILES string of the molecule is O=C(CC1CC1)c1ccc(F)cn1. The van der Waals surface area contributed by atoms with Gasteiger partial charge in [0.25, 0.3) is 0 Å². The van der Waals surface area contributed by atoms with Crippen LogP contribution in [0.5, 0.6) is 0 Å². The molecule has 2 nitrogen and oxygen atoms in total. The van der Waals surface area contributed by atoms with E-state index in [-0.39, 0.29) is 5.78 Å². The molecule has 0 amide bonds. The molecule has 0 atom stereocenters. The predicted molar refractivity (Wildman–Crippen MR) is 45.9 cm³/mol. The highest BCUT2D eigenvalue weighted by molar-refractivity contribution is 5.94. The molecule has 0 N–H and O–H groups in total. The normalized spacial score (nSPS) is 15.8. The van der Waals surface area contributed by atoms with Crippen molar-refractivity contribution in [2.24, 2.45) is 5.92 Å². The Morgan fingerprint density at radius 1 is 1.54 bits per heavy atom. The highest BCUT2D eigenvalue weighted by Crippen LogP contribution is 2.33. The molecular weight excluding hydrogens is 169 g/mol. The zero-order chi connectivity index (χ0) is 9.26. The van der Waals surface area contributed by atoms with Crippen molar-refractivity contribution in [1.82, 2.24) is 4.98 Å². The lowest BCUT2D eigenvalue weighted by molar-refractivity contribution is 0.0971. The van der Waals surface area contributed by atoms with Crippen molar-refractivity contribution in [3.63, 3.8) is 0 Å². The maximum absolute atomic E-state index is 12.5. The second kappa shape index (κ2) is 3.24. The first-order valence-electron chi connectivity index (χ1n) is 4.40. The largest absolute Gasteiger partial charge is 0.292 e. The monoisotopic (exact) mass is 179 g/mol. The Morgan fingerprint density at radius 2 is 2.31 bits per heavy atom. The zero-order valence-electron chi connectivity index (χ0n) is 7.16. The maximum Gasteiger partial charge on any atom is 0.181 e. The summed E-state index contributed by atoms with van der Waals surface area (Å²) in [6.45, 7) is 0. The number of aromatic nitrogens is 1. The molecule has 13 heavy (non-hydrogen) atoms. The summed E-state index contributed by atoms with van der Waals surface area (Å²) < 4.78 is 12.5. The van der Waals surface area contributed by atoms with E-state index < -0.39 is 5.82 Å². The number of hydrogen-bond donors (Lipinski definition) is 0. The molecule has 1 heterocycles. The van der Waals surface area contributed by atoms with Gasteiger partial charge in [-0.2, -0.15) is 0 Å². The Bertz CT molecular complexity index is 316. The summed E-state index contributed by atoms with van der Waals surface area (Å²) in [6, 6.07) is 2.72. The number of nitrogens with zero attached hydrogens (tertiary/aromatic N) is 1. The van der Waals surface area contributed by atoms with Crippen molar-refractivity contribution in [1.29, 1.82) is 0 Å². The number of pyridine rings is 1. The highest BCUT2D eigenvalue weighted by atomic mass is 19.1. The van der Waals surface area contributed by atoms with Crippen LogP contribution in [0.4, 0.5) is 4.39 Å². The van der Waals surface area contributed by atoms with E-state index in [9.17, 15) is 9.18 Å². The van der Waals surface area contributed by atoms with Gasteiger partial charge in [-0.3, -0.25) is 9.78 Å². The molecule has 0 saturated heterocycles. The number of rotatable bonds is 3. The van der Waals surface area contributed by atoms with E-state index in [1.807, 2.05) is 0 Å². The third-order valence-corrected chi connectivity index (χ3v) is 2.18. The van der Waals surface area contributed by atoms with Crippen molar-refractivity contribution < 1.29 is 9.18 Å². The number of halogens is 1. The van der Waals surface area contributed by atoms with E-state index in [2.05, 4.69) is 4.98 Å². The van der Waals surface area contributed by atoms with Gasteiger partial charge in [0.1, 0.15) is 11.5 Å². The van der Waals surface area contributed by atoms with Gasteiger partial charge in [0.2, 0.25) is 0 Å². The highest BCUT2D eigenvalue weighted by Gasteiger charge is 2.25. The van der Waals surface area contributed by atoms with Gasteiger partial charge >= 0.3 is 0 Å². The van der Waals surface area contributed by atoms with Crippen LogP contribution in [0.3, 0.4) is 0 Å². The van der Waals surface area contributed by atoms with Gasteiger partial charge in [-0.1, -0.05) is 0 Å². The first kappa shape index (κ1) is 8.35. The molecule has 1 saturated carbocycles. The van der Waals surface area contributed by atoms with Crippen molar-refractivity contribution in [3.05, 3.63) is 29.8 Å². The van der Waals surface area contributed by atoms with Crippen molar-refractivity contribution in [3.8, 4) is 0 Å². The van der Waals surface area contributed by atoms with E-state index in [4.69, 9.17) is 0 Å². The van der Waals surface area contributed by atoms with Crippen LogP contribution in [-0.2, 0) is 0 Å². The summed E-state index contributed by atoms with van der Waals surface area (Å²) in [4.78, 5) is 15.2. The zero-order valence-corrected chi connectivity index (χ0v) is 7.16. The van der Waals surface area contributed by atoms with Crippen LogP contribution in [0.25, 0.3) is 0 Å². The number of carbonyl (C=O) groups excluding carboxylic acids is 1. The second-order valence-electron chi connectivity index (χ2n) is 3.43. The van der Waals surface area contributed by atoms with Gasteiger partial charge in [-0.05, 0) is 30.9 Å². The first-order chi connectivity index (χ1) is 6.25. The molecule has 1 fully saturated rings. The summed E-state index contributed by atoms with van der Waals surface area (Å²) in [5.41, 5.74) is 0.383. The predicted octanol–water partition coefficient (Wildman–Crippen LogP) is 2.20. The standard InChI is InChI=1S/C10H10FNO/c11-8-3-4-9(12-6-8)10(13)5-7-1-2-7/h3-4,6-7H,1-2,5H2. The number of ketones is 1. The van der Waals surface area contributed by atoms with Crippen LogP contribution in [0.15, 0.2) is 18.3 Å². The minimum Gasteiger partial charge on any atom is -0.292 e. The molecule has 0 aromatic carbocycles. The Morgan fingerprint density at radius 3 is 2.85 bits per heavy atom. The van der Waals surface area contributed by atoms with Gasteiger partial charge in [0.05, 0.1) is 6.20 Å².